The number of benzene rings is 1. The van der Waals surface area contributed by atoms with Gasteiger partial charge in [-0.1, -0.05) is 0 Å². The molecule has 0 saturated carbocycles. The Kier molecular flexibility index (Phi) is 3.41. The van der Waals surface area contributed by atoms with Crippen LogP contribution in [0.5, 0.6) is 0 Å². The van der Waals surface area contributed by atoms with Gasteiger partial charge in [0.1, 0.15) is 0 Å². The summed E-state index contributed by atoms with van der Waals surface area (Å²) in [4.78, 5) is 27.5. The predicted molar refractivity (Wildman–Crippen MR) is 65.9 cm³/mol. The molecule has 0 N–H and O–H groups in total. The number of hydrogen-bond donors (Lipinski definition) is 0. The van der Waals surface area contributed by atoms with Gasteiger partial charge < -0.3 is 0 Å². The van der Waals surface area contributed by atoms with Crippen LogP contribution in [-0.2, 0) is 4.79 Å². The first kappa shape index (κ1) is 11.0. The van der Waals surface area contributed by atoms with Crippen LogP contribution < -0.4 is 0 Å². The fraction of sp³-hybridized carbons (Fsp3) is 0. The molecular formula is C13H10GeO2. The van der Waals surface area contributed by atoms with E-state index < -0.39 is 13.9 Å². The van der Waals surface area contributed by atoms with Crippen LogP contribution in [0.3, 0.4) is 0 Å². The molecule has 0 bridgehead atoms. The Bertz CT molecular complexity index is 510. The predicted octanol–water partition coefficient (Wildman–Crippen LogP) is 1.52. The molecule has 1 aromatic rings. The summed E-state index contributed by atoms with van der Waals surface area (Å²) in [6.45, 7) is 0. The maximum atomic E-state index is 11.9. The third kappa shape index (κ3) is 2.33. The van der Waals surface area contributed by atoms with E-state index in [4.69, 9.17) is 0 Å². The van der Waals surface area contributed by atoms with E-state index in [2.05, 4.69) is 0 Å². The van der Waals surface area contributed by atoms with Crippen molar-refractivity contribution in [2.45, 2.75) is 0 Å². The van der Waals surface area contributed by atoms with E-state index in [0.717, 1.165) is 0 Å². The van der Waals surface area contributed by atoms with Gasteiger partial charge in [-0.2, -0.15) is 0 Å². The molecular weight excluding hydrogens is 261 g/mol. The van der Waals surface area contributed by atoms with Crippen LogP contribution in [0, 0.1) is 0 Å². The van der Waals surface area contributed by atoms with Gasteiger partial charge >= 0.3 is 97.8 Å². The normalized spacial score (nSPS) is 13.4. The van der Waals surface area contributed by atoms with E-state index in [9.17, 15) is 9.59 Å². The molecule has 0 fully saturated rings. The van der Waals surface area contributed by atoms with Crippen molar-refractivity contribution in [3.8, 4) is 0 Å². The monoisotopic (exact) mass is 272 g/mol. The van der Waals surface area contributed by atoms with Gasteiger partial charge in [0.25, 0.3) is 0 Å². The maximum absolute atomic E-state index is 11.9. The van der Waals surface area contributed by atoms with Crippen molar-refractivity contribution in [3.05, 3.63) is 59.0 Å². The van der Waals surface area contributed by atoms with E-state index in [1.165, 1.54) is 0 Å². The molecule has 0 aliphatic carbocycles. The summed E-state index contributed by atoms with van der Waals surface area (Å²) in [5.74, 6) is -0.355. The SMILES string of the molecule is O=C([C](=O)[Ge]1=[CH]C=CC=[CH]1)c1ccccc1. The van der Waals surface area contributed by atoms with Crippen molar-refractivity contribution in [2.75, 3.05) is 0 Å². The molecule has 0 amide bonds. The van der Waals surface area contributed by atoms with E-state index >= 15 is 0 Å². The van der Waals surface area contributed by atoms with Gasteiger partial charge in [0.05, 0.1) is 0 Å². The van der Waals surface area contributed by atoms with E-state index in [0.29, 0.717) is 5.56 Å². The van der Waals surface area contributed by atoms with E-state index in [1.807, 2.05) is 34.1 Å². The first-order valence-corrected chi connectivity index (χ1v) is 8.45. The van der Waals surface area contributed by atoms with Gasteiger partial charge in [-0.15, -0.1) is 0 Å². The summed E-state index contributed by atoms with van der Waals surface area (Å²) >= 11 is -2.11. The number of allylic oxidation sites excluding steroid dienone is 3. The second-order valence-corrected chi connectivity index (χ2v) is 7.65. The summed E-state index contributed by atoms with van der Waals surface area (Å²) in [5.41, 5.74) is 0.490. The second-order valence-electron chi connectivity index (χ2n) is 3.39. The van der Waals surface area contributed by atoms with Gasteiger partial charge in [0, 0.05) is 0 Å². The molecule has 16 heavy (non-hydrogen) atoms. The summed E-state index contributed by atoms with van der Waals surface area (Å²) in [7, 11) is 0. The number of rotatable bonds is 3. The van der Waals surface area contributed by atoms with Crippen molar-refractivity contribution in [1.29, 1.82) is 0 Å². The standard InChI is InChI=1S/C13H10GeO2/c15-12(11-7-3-1-4-8-11)13(16)14-9-5-2-6-10-14/h1-10H. The zero-order chi connectivity index (χ0) is 11.4. The molecule has 2 nitrogen and oxygen atoms in total. The molecule has 0 aromatic heterocycles. The van der Waals surface area contributed by atoms with Crippen LogP contribution in [0.2, 0.25) is 0 Å². The molecule has 0 saturated heterocycles. The third-order valence-corrected chi connectivity index (χ3v) is 6.17. The molecule has 78 valence electrons. The van der Waals surface area contributed by atoms with Crippen molar-refractivity contribution in [1.82, 2.24) is 0 Å². The van der Waals surface area contributed by atoms with Crippen molar-refractivity contribution >= 4 is 29.2 Å². The molecule has 1 aromatic carbocycles. The van der Waals surface area contributed by atoms with E-state index in [1.54, 1.807) is 24.3 Å². The van der Waals surface area contributed by atoms with Gasteiger partial charge in [-0.05, 0) is 0 Å². The topological polar surface area (TPSA) is 34.1 Å². The Hall–Kier alpha value is -1.55. The Labute approximate surface area is 97.9 Å². The van der Waals surface area contributed by atoms with Gasteiger partial charge in [-0.25, -0.2) is 0 Å². The number of carbonyl (C=O) groups is 2. The Morgan fingerprint density at radius 2 is 1.69 bits per heavy atom. The van der Waals surface area contributed by atoms with Crippen LogP contribution in [0.15, 0.2) is 53.5 Å². The van der Waals surface area contributed by atoms with Crippen LogP contribution in [0.1, 0.15) is 10.4 Å². The Morgan fingerprint density at radius 3 is 2.31 bits per heavy atom. The molecule has 0 atom stereocenters. The minimum atomic E-state index is -2.11. The zero-order valence-corrected chi connectivity index (χ0v) is 10.7. The fourth-order valence-corrected chi connectivity index (χ4v) is 4.50. The van der Waals surface area contributed by atoms with Crippen molar-refractivity contribution in [3.63, 3.8) is 0 Å². The minimum absolute atomic E-state index is 0.216. The van der Waals surface area contributed by atoms with Gasteiger partial charge in [0.15, 0.2) is 0 Å². The fourth-order valence-electron chi connectivity index (χ4n) is 1.44. The summed E-state index contributed by atoms with van der Waals surface area (Å²) < 4.78 is -0.216. The molecule has 0 unspecified atom stereocenters. The Balaban J connectivity index is 2.24. The number of carbonyl (C=O) groups excluding carboxylic acids is 2. The average Bonchev–Trinajstić information content (AvgIpc) is 2.39. The van der Waals surface area contributed by atoms with E-state index in [-0.39, 0.29) is 10.4 Å². The summed E-state index contributed by atoms with van der Waals surface area (Å²) in [6, 6.07) is 8.73. The summed E-state index contributed by atoms with van der Waals surface area (Å²) in [5, 5.41) is 0. The van der Waals surface area contributed by atoms with Crippen molar-refractivity contribution in [2.24, 2.45) is 0 Å². The number of ketones is 1. The molecule has 3 heteroatoms. The third-order valence-electron chi connectivity index (χ3n) is 2.28. The first-order chi connectivity index (χ1) is 7.79. The average molecular weight is 271 g/mol. The quantitative estimate of drug-likeness (QED) is 0.474. The van der Waals surface area contributed by atoms with Gasteiger partial charge in [-0.3, -0.25) is 0 Å². The zero-order valence-electron chi connectivity index (χ0n) is 8.59. The van der Waals surface area contributed by atoms with Crippen molar-refractivity contribution < 1.29 is 9.59 Å². The molecule has 0 spiro atoms. The van der Waals surface area contributed by atoms with Crippen LogP contribution in [0.4, 0.5) is 0 Å². The van der Waals surface area contributed by atoms with Gasteiger partial charge in [0.2, 0.25) is 0 Å². The second kappa shape index (κ2) is 4.99. The summed E-state index contributed by atoms with van der Waals surface area (Å²) in [6.07, 6.45) is 5.58. The molecule has 0 radical (unpaired) electrons. The van der Waals surface area contributed by atoms with Crippen LogP contribution >= 0.6 is 0 Å². The molecule has 2 rings (SSSR count). The molecule has 1 heterocycles. The number of hydrogen-bond acceptors (Lipinski definition) is 2. The van der Waals surface area contributed by atoms with Crippen LogP contribution in [-0.4, -0.2) is 29.2 Å². The molecule has 1 aliphatic rings. The molecule has 1 aliphatic heterocycles. The van der Waals surface area contributed by atoms with Crippen LogP contribution in [0.25, 0.3) is 0 Å². The number of Topliss-reactive ketones (excluding diaryl/α,β-unsaturated/α-hetero) is 1. The Morgan fingerprint density at radius 1 is 0.938 bits per heavy atom. The first-order valence-electron chi connectivity index (χ1n) is 4.98.